The van der Waals surface area contributed by atoms with Crippen molar-refractivity contribution < 1.29 is 0 Å². The van der Waals surface area contributed by atoms with Crippen molar-refractivity contribution >= 4 is 5.69 Å². The molecule has 27 heavy (non-hydrogen) atoms. The average molecular weight is 369 g/mol. The first-order chi connectivity index (χ1) is 12.9. The van der Waals surface area contributed by atoms with Gasteiger partial charge in [-0.2, -0.15) is 0 Å². The Morgan fingerprint density at radius 2 is 1.67 bits per heavy atom. The van der Waals surface area contributed by atoms with Gasteiger partial charge in [0.05, 0.1) is 0 Å². The topological polar surface area (TPSA) is 6.48 Å². The standard InChI is InChI=1S/C25H40N2/c1-20-8-7-14-25(4,24(20,2)3)22-9-5-6-10-23(22)27-18-16-26(17-19-27)15-13-21-11-12-21/h5-6,9-10,20-21H,7-8,11-19H2,1-4H3. The van der Waals surface area contributed by atoms with Crippen LogP contribution in [0.5, 0.6) is 0 Å². The van der Waals surface area contributed by atoms with Crippen LogP contribution in [-0.4, -0.2) is 37.6 Å². The zero-order chi connectivity index (χ0) is 19.1. The highest BCUT2D eigenvalue weighted by Gasteiger charge is 2.49. The number of benzene rings is 1. The summed E-state index contributed by atoms with van der Waals surface area (Å²) in [5.41, 5.74) is 3.73. The molecule has 2 heteroatoms. The average Bonchev–Trinajstić information content (AvgIpc) is 3.50. The summed E-state index contributed by atoms with van der Waals surface area (Å²) in [5.74, 6) is 1.84. The minimum atomic E-state index is 0.268. The van der Waals surface area contributed by atoms with Gasteiger partial charge in [-0.1, -0.05) is 71.6 Å². The molecule has 1 aromatic rings. The molecular weight excluding hydrogens is 328 g/mol. The van der Waals surface area contributed by atoms with Gasteiger partial charge in [-0.05, 0) is 53.7 Å². The third-order valence-electron chi connectivity index (χ3n) is 8.73. The number of anilines is 1. The molecular formula is C25H40N2. The summed E-state index contributed by atoms with van der Waals surface area (Å²) < 4.78 is 0. The fourth-order valence-electron chi connectivity index (χ4n) is 5.67. The maximum Gasteiger partial charge on any atom is 0.0405 e. The molecule has 1 aliphatic heterocycles. The van der Waals surface area contributed by atoms with Crippen LogP contribution in [0.3, 0.4) is 0 Å². The molecule has 2 saturated carbocycles. The van der Waals surface area contributed by atoms with Gasteiger partial charge in [-0.3, -0.25) is 4.90 Å². The van der Waals surface area contributed by atoms with Crippen molar-refractivity contribution in [2.45, 2.75) is 71.6 Å². The maximum absolute atomic E-state index is 2.70. The third kappa shape index (κ3) is 3.67. The van der Waals surface area contributed by atoms with Crippen LogP contribution < -0.4 is 4.90 Å². The summed E-state index contributed by atoms with van der Waals surface area (Å²) in [6.07, 6.45) is 8.47. The lowest BCUT2D eigenvalue weighted by molar-refractivity contribution is 0.0478. The van der Waals surface area contributed by atoms with E-state index in [0.29, 0.717) is 5.41 Å². The Hall–Kier alpha value is -1.02. The fourth-order valence-corrected chi connectivity index (χ4v) is 5.67. The van der Waals surface area contributed by atoms with Gasteiger partial charge in [0, 0.05) is 31.9 Å². The van der Waals surface area contributed by atoms with E-state index in [1.54, 1.807) is 5.56 Å². The molecule has 2 aliphatic carbocycles. The van der Waals surface area contributed by atoms with Gasteiger partial charge in [0.2, 0.25) is 0 Å². The summed E-state index contributed by atoms with van der Waals surface area (Å²) in [6, 6.07) is 9.36. The lowest BCUT2D eigenvalue weighted by Crippen LogP contribution is -2.50. The van der Waals surface area contributed by atoms with Crippen LogP contribution >= 0.6 is 0 Å². The molecule has 2 unspecified atom stereocenters. The van der Waals surface area contributed by atoms with Gasteiger partial charge in [0.1, 0.15) is 0 Å². The van der Waals surface area contributed by atoms with Gasteiger partial charge < -0.3 is 4.90 Å². The summed E-state index contributed by atoms with van der Waals surface area (Å²) in [6.45, 7) is 16.2. The molecule has 2 atom stereocenters. The molecule has 0 bridgehead atoms. The Morgan fingerprint density at radius 3 is 2.37 bits per heavy atom. The Kier molecular flexibility index (Phi) is 5.31. The number of nitrogens with zero attached hydrogens (tertiary/aromatic N) is 2. The molecule has 0 aromatic heterocycles. The monoisotopic (exact) mass is 368 g/mol. The Labute approximate surface area is 167 Å². The smallest absolute Gasteiger partial charge is 0.0405 e. The molecule has 3 fully saturated rings. The molecule has 0 radical (unpaired) electrons. The largest absolute Gasteiger partial charge is 0.369 e. The first kappa shape index (κ1) is 19.3. The second kappa shape index (κ2) is 7.43. The van der Waals surface area contributed by atoms with E-state index in [-0.39, 0.29) is 5.41 Å². The summed E-state index contributed by atoms with van der Waals surface area (Å²) in [5, 5.41) is 0. The molecule has 0 N–H and O–H groups in total. The van der Waals surface area contributed by atoms with Crippen LogP contribution in [0.2, 0.25) is 0 Å². The normalized spacial score (nSPS) is 31.9. The van der Waals surface area contributed by atoms with Crippen LogP contribution in [0.4, 0.5) is 5.69 Å². The number of para-hydroxylation sites is 1. The Morgan fingerprint density at radius 1 is 0.963 bits per heavy atom. The molecule has 4 rings (SSSR count). The minimum Gasteiger partial charge on any atom is -0.369 e. The quantitative estimate of drug-likeness (QED) is 0.656. The highest BCUT2D eigenvalue weighted by Crippen LogP contribution is 2.56. The highest BCUT2D eigenvalue weighted by atomic mass is 15.3. The van der Waals surface area contributed by atoms with Crippen molar-refractivity contribution in [1.82, 2.24) is 4.90 Å². The molecule has 1 saturated heterocycles. The van der Waals surface area contributed by atoms with Crippen molar-refractivity contribution in [2.24, 2.45) is 17.3 Å². The van der Waals surface area contributed by atoms with E-state index < -0.39 is 0 Å². The van der Waals surface area contributed by atoms with Gasteiger partial charge in [0.25, 0.3) is 0 Å². The zero-order valence-electron chi connectivity index (χ0n) is 18.1. The Bertz CT molecular complexity index is 639. The minimum absolute atomic E-state index is 0.268. The van der Waals surface area contributed by atoms with Gasteiger partial charge >= 0.3 is 0 Å². The highest BCUT2D eigenvalue weighted by molar-refractivity contribution is 5.58. The molecule has 0 amide bonds. The molecule has 2 nitrogen and oxygen atoms in total. The third-order valence-corrected chi connectivity index (χ3v) is 8.73. The van der Waals surface area contributed by atoms with E-state index in [0.717, 1.165) is 11.8 Å². The number of rotatable bonds is 5. The SMILES string of the molecule is CC1CCCC(C)(c2ccccc2N2CCN(CCC3CC3)CC2)C1(C)C. The number of hydrogen-bond acceptors (Lipinski definition) is 2. The molecule has 1 aromatic carbocycles. The Balaban J connectivity index is 1.51. The summed E-state index contributed by atoms with van der Waals surface area (Å²) in [7, 11) is 0. The molecule has 3 aliphatic rings. The van der Waals surface area contributed by atoms with Crippen molar-refractivity contribution in [2.75, 3.05) is 37.6 Å². The van der Waals surface area contributed by atoms with Crippen molar-refractivity contribution in [3.05, 3.63) is 29.8 Å². The van der Waals surface area contributed by atoms with Crippen molar-refractivity contribution in [3.8, 4) is 0 Å². The second-order valence-corrected chi connectivity index (χ2v) is 10.4. The van der Waals surface area contributed by atoms with E-state index in [1.807, 2.05) is 0 Å². The number of hydrogen-bond donors (Lipinski definition) is 0. The zero-order valence-corrected chi connectivity index (χ0v) is 18.1. The van der Waals surface area contributed by atoms with E-state index in [2.05, 4.69) is 61.8 Å². The van der Waals surface area contributed by atoms with Gasteiger partial charge in [-0.25, -0.2) is 0 Å². The first-order valence-corrected chi connectivity index (χ1v) is 11.5. The van der Waals surface area contributed by atoms with Gasteiger partial charge in [-0.15, -0.1) is 0 Å². The first-order valence-electron chi connectivity index (χ1n) is 11.5. The van der Waals surface area contributed by atoms with E-state index in [4.69, 9.17) is 0 Å². The molecule has 1 heterocycles. The fraction of sp³-hybridized carbons (Fsp3) is 0.760. The number of piperazine rings is 1. The summed E-state index contributed by atoms with van der Waals surface area (Å²) in [4.78, 5) is 5.38. The van der Waals surface area contributed by atoms with E-state index in [9.17, 15) is 0 Å². The van der Waals surface area contributed by atoms with Crippen LogP contribution in [0, 0.1) is 17.3 Å². The van der Waals surface area contributed by atoms with E-state index >= 15 is 0 Å². The lowest BCUT2D eigenvalue weighted by atomic mass is 9.52. The maximum atomic E-state index is 2.70. The predicted octanol–water partition coefficient (Wildman–Crippen LogP) is 5.71. The van der Waals surface area contributed by atoms with Crippen LogP contribution in [0.15, 0.2) is 24.3 Å². The van der Waals surface area contributed by atoms with Crippen molar-refractivity contribution in [1.29, 1.82) is 0 Å². The predicted molar refractivity (Wildman–Crippen MR) is 117 cm³/mol. The van der Waals surface area contributed by atoms with Crippen molar-refractivity contribution in [3.63, 3.8) is 0 Å². The molecule has 0 spiro atoms. The van der Waals surface area contributed by atoms with Gasteiger partial charge in [0.15, 0.2) is 0 Å². The second-order valence-electron chi connectivity index (χ2n) is 10.4. The van der Waals surface area contributed by atoms with Crippen LogP contribution in [-0.2, 0) is 5.41 Å². The van der Waals surface area contributed by atoms with Crippen LogP contribution in [0.1, 0.15) is 71.8 Å². The molecule has 150 valence electrons. The lowest BCUT2D eigenvalue weighted by Gasteiger charge is -2.53. The van der Waals surface area contributed by atoms with Crippen LogP contribution in [0.25, 0.3) is 0 Å². The van der Waals surface area contributed by atoms with E-state index in [1.165, 1.54) is 76.9 Å². The summed E-state index contributed by atoms with van der Waals surface area (Å²) >= 11 is 0.